The fraction of sp³-hybridized carbons (Fsp3) is 0.200. The predicted molar refractivity (Wildman–Crippen MR) is 89.2 cm³/mol. The van der Waals surface area contributed by atoms with Crippen LogP contribution in [0.25, 0.3) is 27.5 Å². The van der Waals surface area contributed by atoms with Crippen molar-refractivity contribution >= 4 is 27.5 Å². The summed E-state index contributed by atoms with van der Waals surface area (Å²) in [5, 5.41) is 2.39. The molecule has 3 aromatic rings. The van der Waals surface area contributed by atoms with Crippen LogP contribution in [0.5, 0.6) is 0 Å². The molecule has 104 valence electrons. The van der Waals surface area contributed by atoms with Crippen LogP contribution < -0.4 is 0 Å². The molecule has 0 fully saturated rings. The van der Waals surface area contributed by atoms with Crippen LogP contribution in [0.4, 0.5) is 0 Å². The van der Waals surface area contributed by atoms with Crippen LogP contribution in [0, 0.1) is 11.8 Å². The summed E-state index contributed by atoms with van der Waals surface area (Å²) in [5.41, 5.74) is 4.60. The number of furan rings is 1. The summed E-state index contributed by atoms with van der Waals surface area (Å²) in [6.45, 7) is 4.57. The van der Waals surface area contributed by atoms with E-state index in [9.17, 15) is 0 Å². The molecule has 4 rings (SSSR count). The van der Waals surface area contributed by atoms with Crippen LogP contribution in [0.1, 0.15) is 19.4 Å². The Kier molecular flexibility index (Phi) is 2.75. The molecule has 0 saturated heterocycles. The highest BCUT2D eigenvalue weighted by molar-refractivity contribution is 6.05. The van der Waals surface area contributed by atoms with Crippen molar-refractivity contribution in [3.63, 3.8) is 0 Å². The molecule has 0 saturated carbocycles. The molecule has 1 nitrogen and oxygen atoms in total. The summed E-state index contributed by atoms with van der Waals surface area (Å²) < 4.78 is 6.00. The second-order valence-corrected chi connectivity index (χ2v) is 5.96. The SMILES string of the molecule is CC1C(c2ccc3c(c2)oc2ccccc23)=CC=C[C@@H]1C. The maximum absolute atomic E-state index is 6.00. The average molecular weight is 274 g/mol. The van der Waals surface area contributed by atoms with Crippen LogP contribution in [0.3, 0.4) is 0 Å². The van der Waals surface area contributed by atoms with E-state index in [2.05, 4.69) is 62.4 Å². The number of allylic oxidation sites excluding steroid dienone is 4. The summed E-state index contributed by atoms with van der Waals surface area (Å²) in [6.07, 6.45) is 6.67. The Hall–Kier alpha value is -2.28. The molecule has 21 heavy (non-hydrogen) atoms. The van der Waals surface area contributed by atoms with E-state index in [0.29, 0.717) is 11.8 Å². The number of hydrogen-bond acceptors (Lipinski definition) is 1. The smallest absolute Gasteiger partial charge is 0.136 e. The van der Waals surface area contributed by atoms with Gasteiger partial charge < -0.3 is 4.42 Å². The zero-order chi connectivity index (χ0) is 14.4. The Labute approximate surface area is 124 Å². The molecule has 1 heteroatoms. The molecule has 0 amide bonds. The molecule has 1 heterocycles. The molecule has 2 aromatic carbocycles. The van der Waals surface area contributed by atoms with E-state index < -0.39 is 0 Å². The van der Waals surface area contributed by atoms with E-state index in [1.165, 1.54) is 21.9 Å². The summed E-state index contributed by atoms with van der Waals surface area (Å²) in [7, 11) is 0. The largest absolute Gasteiger partial charge is 0.456 e. The van der Waals surface area contributed by atoms with Gasteiger partial charge in [0.25, 0.3) is 0 Å². The van der Waals surface area contributed by atoms with Gasteiger partial charge >= 0.3 is 0 Å². The third-order valence-corrected chi connectivity index (χ3v) is 4.68. The lowest BCUT2D eigenvalue weighted by Crippen LogP contribution is -2.10. The third kappa shape index (κ3) is 1.92. The van der Waals surface area contributed by atoms with Crippen LogP contribution in [0.2, 0.25) is 0 Å². The van der Waals surface area contributed by atoms with Crippen molar-refractivity contribution < 1.29 is 4.42 Å². The summed E-state index contributed by atoms with van der Waals surface area (Å²) in [5.74, 6) is 1.12. The van der Waals surface area contributed by atoms with E-state index in [4.69, 9.17) is 4.42 Å². The van der Waals surface area contributed by atoms with Crippen molar-refractivity contribution in [2.45, 2.75) is 13.8 Å². The minimum atomic E-state index is 0.539. The molecule has 0 N–H and O–H groups in total. The Bertz CT molecular complexity index is 879. The number of hydrogen-bond donors (Lipinski definition) is 0. The van der Waals surface area contributed by atoms with Crippen molar-refractivity contribution in [3.05, 3.63) is 66.3 Å². The maximum atomic E-state index is 6.00. The molecule has 0 bridgehead atoms. The normalized spacial score (nSPS) is 21.9. The van der Waals surface area contributed by atoms with Gasteiger partial charge in [0.1, 0.15) is 11.2 Å². The lowest BCUT2D eigenvalue weighted by Gasteiger charge is -2.23. The summed E-state index contributed by atoms with van der Waals surface area (Å²) in [6, 6.07) is 14.8. The zero-order valence-electron chi connectivity index (χ0n) is 12.3. The number of rotatable bonds is 1. The second-order valence-electron chi connectivity index (χ2n) is 5.96. The topological polar surface area (TPSA) is 13.1 Å². The standard InChI is InChI=1S/C20H18O/c1-13-6-5-8-16(14(13)2)15-10-11-18-17-7-3-4-9-19(17)21-20(18)12-15/h3-14H,1-2H3/t13-,14?/m0/s1. The van der Waals surface area contributed by atoms with Gasteiger partial charge in [-0.3, -0.25) is 0 Å². The molecular formula is C20H18O. The summed E-state index contributed by atoms with van der Waals surface area (Å²) in [4.78, 5) is 0. The Balaban J connectivity index is 1.90. The molecule has 1 aliphatic rings. The Morgan fingerprint density at radius 1 is 0.905 bits per heavy atom. The predicted octanol–water partition coefficient (Wildman–Crippen LogP) is 5.81. The maximum Gasteiger partial charge on any atom is 0.136 e. The monoisotopic (exact) mass is 274 g/mol. The van der Waals surface area contributed by atoms with E-state index >= 15 is 0 Å². The van der Waals surface area contributed by atoms with Gasteiger partial charge in [0, 0.05) is 10.8 Å². The molecule has 1 unspecified atom stereocenters. The minimum absolute atomic E-state index is 0.539. The van der Waals surface area contributed by atoms with Gasteiger partial charge in [0.15, 0.2) is 0 Å². The van der Waals surface area contributed by atoms with Crippen LogP contribution in [0.15, 0.2) is 65.1 Å². The van der Waals surface area contributed by atoms with Gasteiger partial charge in [-0.2, -0.15) is 0 Å². The van der Waals surface area contributed by atoms with Gasteiger partial charge in [-0.05, 0) is 41.2 Å². The first-order valence-electron chi connectivity index (χ1n) is 7.54. The van der Waals surface area contributed by atoms with Crippen molar-refractivity contribution in [1.82, 2.24) is 0 Å². The lowest BCUT2D eigenvalue weighted by atomic mass is 9.81. The first-order chi connectivity index (χ1) is 10.2. The van der Waals surface area contributed by atoms with Crippen LogP contribution in [-0.2, 0) is 0 Å². The third-order valence-electron chi connectivity index (χ3n) is 4.68. The van der Waals surface area contributed by atoms with Crippen molar-refractivity contribution in [2.75, 3.05) is 0 Å². The first kappa shape index (κ1) is 12.5. The zero-order valence-corrected chi connectivity index (χ0v) is 12.3. The minimum Gasteiger partial charge on any atom is -0.456 e. The van der Waals surface area contributed by atoms with Gasteiger partial charge in [0.2, 0.25) is 0 Å². The van der Waals surface area contributed by atoms with Gasteiger partial charge in [-0.15, -0.1) is 0 Å². The van der Waals surface area contributed by atoms with E-state index in [0.717, 1.165) is 11.2 Å². The lowest BCUT2D eigenvalue weighted by molar-refractivity contribution is 0.568. The van der Waals surface area contributed by atoms with Crippen molar-refractivity contribution in [2.24, 2.45) is 11.8 Å². The molecule has 0 radical (unpaired) electrons. The van der Waals surface area contributed by atoms with Gasteiger partial charge in [0.05, 0.1) is 0 Å². The Morgan fingerprint density at radius 3 is 2.62 bits per heavy atom. The van der Waals surface area contributed by atoms with Crippen LogP contribution in [-0.4, -0.2) is 0 Å². The molecular weight excluding hydrogens is 256 g/mol. The van der Waals surface area contributed by atoms with Crippen molar-refractivity contribution in [3.8, 4) is 0 Å². The molecule has 0 aliphatic heterocycles. The average Bonchev–Trinajstić information content (AvgIpc) is 2.87. The van der Waals surface area contributed by atoms with Gasteiger partial charge in [-0.25, -0.2) is 0 Å². The quantitative estimate of drug-likeness (QED) is 0.545. The number of fused-ring (bicyclic) bond motifs is 3. The molecule has 1 aliphatic carbocycles. The first-order valence-corrected chi connectivity index (χ1v) is 7.54. The fourth-order valence-electron chi connectivity index (χ4n) is 3.20. The van der Waals surface area contributed by atoms with Crippen molar-refractivity contribution in [1.29, 1.82) is 0 Å². The molecule has 2 atom stereocenters. The highest BCUT2D eigenvalue weighted by Gasteiger charge is 2.19. The molecule has 1 aromatic heterocycles. The highest BCUT2D eigenvalue weighted by Crippen LogP contribution is 2.36. The van der Waals surface area contributed by atoms with E-state index in [1.807, 2.05) is 12.1 Å². The van der Waals surface area contributed by atoms with Crippen LogP contribution >= 0.6 is 0 Å². The number of para-hydroxylation sites is 1. The van der Waals surface area contributed by atoms with E-state index in [1.54, 1.807) is 0 Å². The second kappa shape index (κ2) is 4.63. The Morgan fingerprint density at radius 2 is 1.71 bits per heavy atom. The highest BCUT2D eigenvalue weighted by atomic mass is 16.3. The summed E-state index contributed by atoms with van der Waals surface area (Å²) >= 11 is 0. The molecule has 0 spiro atoms. The van der Waals surface area contributed by atoms with Gasteiger partial charge in [-0.1, -0.05) is 56.3 Å². The van der Waals surface area contributed by atoms with E-state index in [-0.39, 0.29) is 0 Å². The fourth-order valence-corrected chi connectivity index (χ4v) is 3.20. The number of benzene rings is 2.